The summed E-state index contributed by atoms with van der Waals surface area (Å²) in [6.07, 6.45) is 2.37. The second-order valence-corrected chi connectivity index (χ2v) is 4.94. The minimum Gasteiger partial charge on any atom is -0.352 e. The summed E-state index contributed by atoms with van der Waals surface area (Å²) in [5.41, 5.74) is 0. The highest BCUT2D eigenvalue weighted by atomic mass is 16.2. The van der Waals surface area contributed by atoms with E-state index in [1.54, 1.807) is 0 Å². The average Bonchev–Trinajstić information content (AvgIpc) is 2.35. The lowest BCUT2D eigenvalue weighted by atomic mass is 10.1. The van der Waals surface area contributed by atoms with Gasteiger partial charge in [-0.05, 0) is 33.6 Å². The van der Waals surface area contributed by atoms with E-state index >= 15 is 0 Å². The molecule has 4 heteroatoms. The van der Waals surface area contributed by atoms with Crippen molar-refractivity contribution in [2.45, 2.75) is 72.0 Å². The molecule has 4 nitrogen and oxygen atoms in total. The van der Waals surface area contributed by atoms with E-state index < -0.39 is 0 Å². The van der Waals surface area contributed by atoms with Crippen LogP contribution in [-0.2, 0) is 4.79 Å². The van der Waals surface area contributed by atoms with Crippen LogP contribution in [0.5, 0.6) is 0 Å². The van der Waals surface area contributed by atoms with Crippen LogP contribution in [0.3, 0.4) is 0 Å². The molecule has 104 valence electrons. The number of nitrogens with zero attached hydrogens (tertiary/aromatic N) is 2. The maximum absolute atomic E-state index is 12.1. The third-order valence-corrected chi connectivity index (χ3v) is 3.35. The summed E-state index contributed by atoms with van der Waals surface area (Å²) < 4.78 is 0. The predicted molar refractivity (Wildman–Crippen MR) is 74.0 cm³/mol. The van der Waals surface area contributed by atoms with E-state index in [2.05, 4.69) is 44.0 Å². The van der Waals surface area contributed by atoms with Gasteiger partial charge in [0, 0.05) is 25.0 Å². The summed E-state index contributed by atoms with van der Waals surface area (Å²) in [5.74, 6) is 0.0651. The highest BCUT2D eigenvalue weighted by Crippen LogP contribution is 2.08. The predicted octanol–water partition coefficient (Wildman–Crippen LogP) is 2.30. The van der Waals surface area contributed by atoms with Crippen molar-refractivity contribution in [3.8, 4) is 6.07 Å². The molecule has 0 saturated carbocycles. The van der Waals surface area contributed by atoms with Crippen molar-refractivity contribution in [1.82, 2.24) is 10.2 Å². The van der Waals surface area contributed by atoms with Crippen LogP contribution in [0.1, 0.15) is 53.9 Å². The first-order chi connectivity index (χ1) is 8.47. The van der Waals surface area contributed by atoms with Crippen LogP contribution in [0.25, 0.3) is 0 Å². The average molecular weight is 253 g/mol. The maximum atomic E-state index is 12.1. The molecule has 1 amide bonds. The van der Waals surface area contributed by atoms with Gasteiger partial charge in [0.05, 0.1) is 12.1 Å². The van der Waals surface area contributed by atoms with E-state index in [0.717, 1.165) is 12.8 Å². The zero-order chi connectivity index (χ0) is 14.1. The first kappa shape index (κ1) is 16.9. The van der Waals surface area contributed by atoms with Crippen molar-refractivity contribution in [3.05, 3.63) is 0 Å². The van der Waals surface area contributed by atoms with Gasteiger partial charge in [-0.25, -0.2) is 0 Å². The van der Waals surface area contributed by atoms with E-state index in [-0.39, 0.29) is 24.0 Å². The molecule has 0 aliphatic carbocycles. The Bertz CT molecular complexity index is 279. The third kappa shape index (κ3) is 5.50. The molecule has 0 radical (unpaired) electrons. The van der Waals surface area contributed by atoms with Crippen LogP contribution in [0.15, 0.2) is 0 Å². The number of carbonyl (C=O) groups is 1. The van der Waals surface area contributed by atoms with E-state index in [1.165, 1.54) is 0 Å². The smallest absolute Gasteiger partial charge is 0.237 e. The fraction of sp³-hybridized carbons (Fsp3) is 0.857. The van der Waals surface area contributed by atoms with E-state index in [9.17, 15) is 4.79 Å². The molecule has 0 aromatic carbocycles. The summed E-state index contributed by atoms with van der Waals surface area (Å²) in [5, 5.41) is 11.7. The van der Waals surface area contributed by atoms with E-state index in [0.29, 0.717) is 13.0 Å². The first-order valence-electron chi connectivity index (χ1n) is 6.90. The number of rotatable bonds is 8. The highest BCUT2D eigenvalue weighted by molar-refractivity contribution is 5.81. The molecular weight excluding hydrogens is 226 g/mol. The summed E-state index contributed by atoms with van der Waals surface area (Å²) in [7, 11) is 0. The number of hydrogen-bond donors (Lipinski definition) is 1. The Kier molecular flexibility index (Phi) is 8.40. The van der Waals surface area contributed by atoms with Crippen LogP contribution in [-0.4, -0.2) is 35.5 Å². The molecule has 0 spiro atoms. The Balaban J connectivity index is 4.51. The monoisotopic (exact) mass is 253 g/mol. The molecule has 1 atom stereocenters. The van der Waals surface area contributed by atoms with Crippen molar-refractivity contribution in [1.29, 1.82) is 5.26 Å². The standard InChI is InChI=1S/C14H27N3O/c1-6-13(7-2)16-14(18)12(5)17(11(3)4)10-8-9-15/h11-13H,6-8,10H2,1-5H3,(H,16,18). The molecule has 0 saturated heterocycles. The third-order valence-electron chi connectivity index (χ3n) is 3.35. The van der Waals surface area contributed by atoms with Crippen molar-refractivity contribution in [3.63, 3.8) is 0 Å². The Morgan fingerprint density at radius 2 is 1.83 bits per heavy atom. The molecule has 0 aromatic heterocycles. The lowest BCUT2D eigenvalue weighted by Crippen LogP contribution is -2.50. The van der Waals surface area contributed by atoms with Gasteiger partial charge in [-0.2, -0.15) is 5.26 Å². The van der Waals surface area contributed by atoms with E-state index in [1.807, 2.05) is 6.92 Å². The molecular formula is C14H27N3O. The number of amides is 1. The molecule has 18 heavy (non-hydrogen) atoms. The van der Waals surface area contributed by atoms with Gasteiger partial charge in [0.2, 0.25) is 5.91 Å². The maximum Gasteiger partial charge on any atom is 0.237 e. The first-order valence-corrected chi connectivity index (χ1v) is 6.90. The number of carbonyl (C=O) groups excluding carboxylic acids is 1. The minimum absolute atomic E-state index is 0.0651. The highest BCUT2D eigenvalue weighted by Gasteiger charge is 2.24. The van der Waals surface area contributed by atoms with Crippen molar-refractivity contribution in [2.75, 3.05) is 6.54 Å². The Labute approximate surface area is 111 Å². The Morgan fingerprint density at radius 3 is 2.22 bits per heavy atom. The topological polar surface area (TPSA) is 56.1 Å². The van der Waals surface area contributed by atoms with E-state index in [4.69, 9.17) is 5.26 Å². The number of hydrogen-bond acceptors (Lipinski definition) is 3. The van der Waals surface area contributed by atoms with Crippen LogP contribution >= 0.6 is 0 Å². The van der Waals surface area contributed by atoms with Gasteiger partial charge in [-0.1, -0.05) is 13.8 Å². The zero-order valence-electron chi connectivity index (χ0n) is 12.4. The van der Waals surface area contributed by atoms with Gasteiger partial charge in [-0.15, -0.1) is 0 Å². The van der Waals surface area contributed by atoms with Gasteiger partial charge in [0.25, 0.3) is 0 Å². The van der Waals surface area contributed by atoms with Gasteiger partial charge >= 0.3 is 0 Å². The molecule has 0 aromatic rings. The quantitative estimate of drug-likeness (QED) is 0.722. The van der Waals surface area contributed by atoms with Gasteiger partial charge < -0.3 is 5.32 Å². The van der Waals surface area contributed by atoms with Crippen molar-refractivity contribution >= 4 is 5.91 Å². The summed E-state index contributed by atoms with van der Waals surface area (Å²) in [6.45, 7) is 10.8. The van der Waals surface area contributed by atoms with Crippen LogP contribution < -0.4 is 5.32 Å². The molecule has 0 heterocycles. The molecule has 0 rings (SSSR count). The molecule has 0 aliphatic heterocycles. The minimum atomic E-state index is -0.182. The Hall–Kier alpha value is -1.08. The van der Waals surface area contributed by atoms with Crippen molar-refractivity contribution in [2.24, 2.45) is 0 Å². The molecule has 0 fully saturated rings. The molecule has 1 unspecified atom stereocenters. The zero-order valence-corrected chi connectivity index (χ0v) is 12.4. The van der Waals surface area contributed by atoms with Crippen LogP contribution in [0, 0.1) is 11.3 Å². The lowest BCUT2D eigenvalue weighted by Gasteiger charge is -2.32. The normalized spacial score (nSPS) is 12.8. The van der Waals surface area contributed by atoms with Crippen molar-refractivity contribution < 1.29 is 4.79 Å². The second kappa shape index (κ2) is 8.93. The summed E-state index contributed by atoms with van der Waals surface area (Å²) in [6, 6.07) is 2.47. The fourth-order valence-electron chi connectivity index (χ4n) is 2.04. The molecule has 1 N–H and O–H groups in total. The molecule has 0 aliphatic rings. The largest absolute Gasteiger partial charge is 0.352 e. The van der Waals surface area contributed by atoms with Gasteiger partial charge in [0.1, 0.15) is 0 Å². The van der Waals surface area contributed by atoms with Gasteiger partial charge in [-0.3, -0.25) is 9.69 Å². The SMILES string of the molecule is CCC(CC)NC(=O)C(C)N(CCC#N)C(C)C. The van der Waals surface area contributed by atoms with Gasteiger partial charge in [0.15, 0.2) is 0 Å². The van der Waals surface area contributed by atoms with Crippen LogP contribution in [0.2, 0.25) is 0 Å². The fourth-order valence-corrected chi connectivity index (χ4v) is 2.04. The second-order valence-electron chi connectivity index (χ2n) is 4.94. The number of nitrogens with one attached hydrogen (secondary N) is 1. The Morgan fingerprint density at radius 1 is 1.28 bits per heavy atom. The lowest BCUT2D eigenvalue weighted by molar-refractivity contribution is -0.127. The number of nitriles is 1. The van der Waals surface area contributed by atoms with Crippen LogP contribution in [0.4, 0.5) is 0 Å². The summed E-state index contributed by atoms with van der Waals surface area (Å²) >= 11 is 0. The molecule has 0 bridgehead atoms. The summed E-state index contributed by atoms with van der Waals surface area (Å²) in [4.78, 5) is 14.2.